The average Bonchev–Trinajstić information content (AvgIpc) is 3.35. The fraction of sp³-hybridized carbons (Fsp3) is 0.333. The highest BCUT2D eigenvalue weighted by Gasteiger charge is 2.19. The van der Waals surface area contributed by atoms with Crippen molar-refractivity contribution in [2.24, 2.45) is 0 Å². The predicted octanol–water partition coefficient (Wildman–Crippen LogP) is 4.48. The summed E-state index contributed by atoms with van der Waals surface area (Å²) in [5, 5.41) is 13.9. The Kier molecular flexibility index (Phi) is 5.32. The van der Waals surface area contributed by atoms with Crippen molar-refractivity contribution in [3.63, 3.8) is 0 Å². The first-order valence-electron chi connectivity index (χ1n) is 9.66. The molecule has 28 heavy (non-hydrogen) atoms. The number of ketones is 1. The standard InChI is InChI=1S/C21H24N6O/c1-14(28)12-15-6-8-17(9-7-15)23-21-22-11-10-19(25-21)24-20-13-18(26-27-20)16-4-2-3-5-16/h6-11,13,16H,2-5,12H2,1H3,(H3,22,23,24,25,26,27). The van der Waals surface area contributed by atoms with Gasteiger partial charge in [-0.15, -0.1) is 0 Å². The molecule has 1 aliphatic carbocycles. The molecule has 2 heterocycles. The molecule has 0 aliphatic heterocycles. The van der Waals surface area contributed by atoms with E-state index in [1.165, 1.54) is 31.4 Å². The number of carbonyl (C=O) groups is 1. The summed E-state index contributed by atoms with van der Waals surface area (Å²) in [6.45, 7) is 1.59. The van der Waals surface area contributed by atoms with E-state index in [0.29, 0.717) is 24.1 Å². The first kappa shape index (κ1) is 18.2. The average molecular weight is 376 g/mol. The van der Waals surface area contributed by atoms with Gasteiger partial charge in [0.05, 0.1) is 0 Å². The van der Waals surface area contributed by atoms with Crippen LogP contribution in [0.1, 0.15) is 49.8 Å². The van der Waals surface area contributed by atoms with E-state index in [-0.39, 0.29) is 5.78 Å². The molecule has 144 valence electrons. The summed E-state index contributed by atoms with van der Waals surface area (Å²) in [4.78, 5) is 20.0. The van der Waals surface area contributed by atoms with Crippen LogP contribution in [0, 0.1) is 0 Å². The zero-order valence-corrected chi connectivity index (χ0v) is 15.9. The summed E-state index contributed by atoms with van der Waals surface area (Å²) in [7, 11) is 0. The van der Waals surface area contributed by atoms with Crippen LogP contribution in [0.3, 0.4) is 0 Å². The molecule has 4 rings (SSSR count). The number of anilines is 4. The van der Waals surface area contributed by atoms with E-state index in [2.05, 4.69) is 36.9 Å². The minimum Gasteiger partial charge on any atom is -0.324 e. The second kappa shape index (κ2) is 8.21. The van der Waals surface area contributed by atoms with Gasteiger partial charge in [-0.2, -0.15) is 10.1 Å². The van der Waals surface area contributed by atoms with E-state index in [1.54, 1.807) is 13.1 Å². The maximum atomic E-state index is 11.2. The maximum Gasteiger partial charge on any atom is 0.229 e. The normalized spacial score (nSPS) is 14.2. The molecule has 1 saturated carbocycles. The van der Waals surface area contributed by atoms with Crippen molar-refractivity contribution in [1.82, 2.24) is 20.2 Å². The van der Waals surface area contributed by atoms with E-state index in [9.17, 15) is 4.79 Å². The minimum absolute atomic E-state index is 0.150. The molecule has 1 aliphatic rings. The van der Waals surface area contributed by atoms with Gasteiger partial charge in [0, 0.05) is 36.0 Å². The first-order chi connectivity index (χ1) is 13.7. The summed E-state index contributed by atoms with van der Waals surface area (Å²) in [6, 6.07) is 11.6. The number of hydrogen-bond acceptors (Lipinski definition) is 6. The number of Topliss-reactive ketones (excluding diaryl/α,β-unsaturated/α-hetero) is 1. The summed E-state index contributed by atoms with van der Waals surface area (Å²) in [6.07, 6.45) is 7.20. The lowest BCUT2D eigenvalue weighted by molar-refractivity contribution is -0.116. The molecule has 0 atom stereocenters. The van der Waals surface area contributed by atoms with Crippen molar-refractivity contribution < 1.29 is 4.79 Å². The molecule has 7 heteroatoms. The van der Waals surface area contributed by atoms with Crippen molar-refractivity contribution in [2.45, 2.75) is 44.9 Å². The van der Waals surface area contributed by atoms with Gasteiger partial charge in [0.15, 0.2) is 5.82 Å². The third-order valence-corrected chi connectivity index (χ3v) is 4.97. The van der Waals surface area contributed by atoms with E-state index in [1.807, 2.05) is 30.3 Å². The highest BCUT2D eigenvalue weighted by atomic mass is 16.1. The molecule has 0 unspecified atom stereocenters. The molecule has 0 spiro atoms. The number of nitrogens with zero attached hydrogens (tertiary/aromatic N) is 3. The lowest BCUT2D eigenvalue weighted by atomic mass is 10.0. The van der Waals surface area contributed by atoms with E-state index >= 15 is 0 Å². The van der Waals surface area contributed by atoms with Gasteiger partial charge in [0.2, 0.25) is 5.95 Å². The second-order valence-electron chi connectivity index (χ2n) is 7.28. The molecular weight excluding hydrogens is 352 g/mol. The van der Waals surface area contributed by atoms with Gasteiger partial charge < -0.3 is 10.6 Å². The number of H-pyrrole nitrogens is 1. The number of benzene rings is 1. The van der Waals surface area contributed by atoms with Gasteiger partial charge in [-0.1, -0.05) is 25.0 Å². The van der Waals surface area contributed by atoms with Crippen molar-refractivity contribution in [2.75, 3.05) is 10.6 Å². The molecule has 1 fully saturated rings. The Morgan fingerprint density at radius 3 is 2.64 bits per heavy atom. The zero-order chi connectivity index (χ0) is 19.3. The van der Waals surface area contributed by atoms with Crippen molar-refractivity contribution in [3.8, 4) is 0 Å². The van der Waals surface area contributed by atoms with Crippen LogP contribution in [-0.2, 0) is 11.2 Å². The van der Waals surface area contributed by atoms with E-state index in [4.69, 9.17) is 0 Å². The SMILES string of the molecule is CC(=O)Cc1ccc(Nc2nccc(Nc3cc(C4CCCC4)[nH]n3)n2)cc1. The molecule has 1 aromatic carbocycles. The Bertz CT molecular complexity index is 944. The molecule has 2 aromatic heterocycles. The molecule has 0 bridgehead atoms. The largest absolute Gasteiger partial charge is 0.324 e. The number of aromatic nitrogens is 4. The number of rotatable bonds is 7. The quantitative estimate of drug-likeness (QED) is 0.563. The van der Waals surface area contributed by atoms with Crippen LogP contribution in [0.4, 0.5) is 23.3 Å². The third kappa shape index (κ3) is 4.54. The van der Waals surface area contributed by atoms with Crippen LogP contribution in [0.15, 0.2) is 42.6 Å². The van der Waals surface area contributed by atoms with E-state index in [0.717, 1.165) is 17.1 Å². The van der Waals surface area contributed by atoms with Gasteiger partial charge in [0.1, 0.15) is 11.6 Å². The van der Waals surface area contributed by atoms with Crippen LogP contribution in [0.5, 0.6) is 0 Å². The lowest BCUT2D eigenvalue weighted by Gasteiger charge is -2.08. The number of aromatic amines is 1. The van der Waals surface area contributed by atoms with Gasteiger partial charge in [-0.25, -0.2) is 4.98 Å². The molecule has 0 radical (unpaired) electrons. The Balaban J connectivity index is 1.41. The van der Waals surface area contributed by atoms with Crippen molar-refractivity contribution in [3.05, 3.63) is 53.9 Å². The molecule has 0 saturated heterocycles. The minimum atomic E-state index is 0.150. The fourth-order valence-electron chi connectivity index (χ4n) is 3.59. The van der Waals surface area contributed by atoms with Gasteiger partial charge >= 0.3 is 0 Å². The third-order valence-electron chi connectivity index (χ3n) is 4.97. The van der Waals surface area contributed by atoms with Crippen LogP contribution in [0.25, 0.3) is 0 Å². The molecular formula is C21H24N6O. The Hall–Kier alpha value is -3.22. The Morgan fingerprint density at radius 1 is 1.11 bits per heavy atom. The molecule has 3 N–H and O–H groups in total. The monoisotopic (exact) mass is 376 g/mol. The smallest absolute Gasteiger partial charge is 0.229 e. The zero-order valence-electron chi connectivity index (χ0n) is 15.9. The highest BCUT2D eigenvalue weighted by Crippen LogP contribution is 2.34. The van der Waals surface area contributed by atoms with Crippen LogP contribution >= 0.6 is 0 Å². The van der Waals surface area contributed by atoms with E-state index < -0.39 is 0 Å². The first-order valence-corrected chi connectivity index (χ1v) is 9.66. The summed E-state index contributed by atoms with van der Waals surface area (Å²) < 4.78 is 0. The van der Waals surface area contributed by atoms with Gasteiger partial charge in [-0.3, -0.25) is 9.89 Å². The lowest BCUT2D eigenvalue weighted by Crippen LogP contribution is -2.01. The fourth-order valence-corrected chi connectivity index (χ4v) is 3.59. The number of hydrogen-bond donors (Lipinski definition) is 3. The Morgan fingerprint density at radius 2 is 1.89 bits per heavy atom. The maximum absolute atomic E-state index is 11.2. The summed E-state index contributed by atoms with van der Waals surface area (Å²) in [5.41, 5.74) is 3.05. The predicted molar refractivity (Wildman–Crippen MR) is 109 cm³/mol. The summed E-state index contributed by atoms with van der Waals surface area (Å²) in [5.74, 6) is 2.68. The molecule has 7 nitrogen and oxygen atoms in total. The Labute approximate surface area is 164 Å². The van der Waals surface area contributed by atoms with Crippen molar-refractivity contribution in [1.29, 1.82) is 0 Å². The van der Waals surface area contributed by atoms with Crippen LogP contribution in [0.2, 0.25) is 0 Å². The van der Waals surface area contributed by atoms with Gasteiger partial charge in [0.25, 0.3) is 0 Å². The summed E-state index contributed by atoms with van der Waals surface area (Å²) >= 11 is 0. The van der Waals surface area contributed by atoms with Gasteiger partial charge in [-0.05, 0) is 43.5 Å². The van der Waals surface area contributed by atoms with Crippen molar-refractivity contribution >= 4 is 29.1 Å². The van der Waals surface area contributed by atoms with Crippen LogP contribution in [-0.4, -0.2) is 25.9 Å². The topological polar surface area (TPSA) is 95.6 Å². The number of nitrogens with one attached hydrogen (secondary N) is 3. The highest BCUT2D eigenvalue weighted by molar-refractivity contribution is 5.78. The molecule has 0 amide bonds. The number of carbonyl (C=O) groups excluding carboxylic acids is 1. The van der Waals surface area contributed by atoms with Crippen LogP contribution < -0.4 is 10.6 Å². The second-order valence-corrected chi connectivity index (χ2v) is 7.28. The molecule has 3 aromatic rings.